The normalized spacial score (nSPS) is 15.2. The molecular formula is C53H57N5O13S. The maximum absolute atomic E-state index is 13.4. The molecule has 0 spiro atoms. The summed E-state index contributed by atoms with van der Waals surface area (Å²) in [6.45, 7) is 8.60. The highest BCUT2D eigenvalue weighted by Crippen LogP contribution is 2.37. The van der Waals surface area contributed by atoms with Crippen LogP contribution in [0.5, 0.6) is 11.5 Å². The first-order valence-electron chi connectivity index (χ1n) is 23.9. The van der Waals surface area contributed by atoms with Crippen molar-refractivity contribution in [2.45, 2.75) is 45.6 Å². The monoisotopic (exact) mass is 1000 g/mol. The van der Waals surface area contributed by atoms with Gasteiger partial charge in [-0.2, -0.15) is 0 Å². The van der Waals surface area contributed by atoms with Gasteiger partial charge in [-0.1, -0.05) is 42.5 Å². The van der Waals surface area contributed by atoms with E-state index in [1.165, 1.54) is 17.4 Å². The lowest BCUT2D eigenvalue weighted by atomic mass is 10.0. The zero-order valence-corrected chi connectivity index (χ0v) is 41.1. The molecule has 1 aromatic heterocycles. The largest absolute Gasteiger partial charge is 0.491 e. The number of hydrogen-bond donors (Lipinski definition) is 2. The molecular weight excluding hydrogens is 947 g/mol. The highest BCUT2D eigenvalue weighted by Gasteiger charge is 2.46. The lowest BCUT2D eigenvalue weighted by molar-refractivity contribution is -0.136. The Morgan fingerprint density at radius 3 is 2.08 bits per heavy atom. The third-order valence-electron chi connectivity index (χ3n) is 12.1. The predicted molar refractivity (Wildman–Crippen MR) is 266 cm³/mol. The Labute approximate surface area is 420 Å². The van der Waals surface area contributed by atoms with E-state index in [0.717, 1.165) is 49.8 Å². The van der Waals surface area contributed by atoms with Crippen molar-refractivity contribution in [1.29, 1.82) is 0 Å². The van der Waals surface area contributed by atoms with Gasteiger partial charge in [0.15, 0.2) is 5.13 Å². The van der Waals surface area contributed by atoms with Gasteiger partial charge in [-0.3, -0.25) is 39.0 Å². The molecule has 3 aliphatic heterocycles. The van der Waals surface area contributed by atoms with Gasteiger partial charge in [0.25, 0.3) is 17.7 Å². The number of aromatic nitrogens is 1. The number of thiazole rings is 1. The number of carbonyl (C=O) groups is 6. The highest BCUT2D eigenvalue weighted by molar-refractivity contribution is 7.16. The summed E-state index contributed by atoms with van der Waals surface area (Å²) in [5, 5.41) is 5.67. The van der Waals surface area contributed by atoms with Crippen LogP contribution in [-0.4, -0.2) is 137 Å². The minimum Gasteiger partial charge on any atom is -0.491 e. The van der Waals surface area contributed by atoms with Crippen LogP contribution in [0.1, 0.15) is 65.5 Å². The Hall–Kier alpha value is -6.87. The van der Waals surface area contributed by atoms with Crippen molar-refractivity contribution in [3.8, 4) is 22.8 Å². The summed E-state index contributed by atoms with van der Waals surface area (Å²) in [6.07, 6.45) is 1.03. The smallest absolute Gasteiger partial charge is 0.266 e. The van der Waals surface area contributed by atoms with E-state index >= 15 is 0 Å². The molecule has 0 saturated carbocycles. The number of carbonyl (C=O) groups excluding carboxylic acids is 6. The quantitative estimate of drug-likeness (QED) is 0.0499. The van der Waals surface area contributed by atoms with Gasteiger partial charge in [0.1, 0.15) is 30.8 Å². The molecule has 1 saturated heterocycles. The van der Waals surface area contributed by atoms with Crippen molar-refractivity contribution in [2.24, 2.45) is 0 Å². The summed E-state index contributed by atoms with van der Waals surface area (Å²) in [4.78, 5) is 85.0. The van der Waals surface area contributed by atoms with E-state index in [1.807, 2.05) is 79.4 Å². The number of piperidine rings is 1. The number of amides is 6. The molecule has 18 nitrogen and oxygen atoms in total. The Morgan fingerprint density at radius 2 is 1.39 bits per heavy atom. The van der Waals surface area contributed by atoms with Gasteiger partial charge < -0.3 is 43.4 Å². The fourth-order valence-corrected chi connectivity index (χ4v) is 9.40. The number of nitrogens with zero attached hydrogens (tertiary/aromatic N) is 3. The maximum Gasteiger partial charge on any atom is 0.266 e. The molecule has 0 bridgehead atoms. The van der Waals surface area contributed by atoms with Crippen LogP contribution in [0.25, 0.3) is 11.3 Å². The molecule has 8 rings (SSSR count). The fourth-order valence-electron chi connectivity index (χ4n) is 8.55. The van der Waals surface area contributed by atoms with Gasteiger partial charge in [0.2, 0.25) is 17.7 Å². The molecule has 5 aromatic rings. The average Bonchev–Trinajstić information content (AvgIpc) is 4.04. The average molecular weight is 1000 g/mol. The van der Waals surface area contributed by atoms with Crippen LogP contribution >= 0.6 is 11.3 Å². The van der Waals surface area contributed by atoms with E-state index < -0.39 is 29.7 Å². The molecule has 72 heavy (non-hydrogen) atoms. The number of fused-ring (bicyclic) bond motifs is 2. The van der Waals surface area contributed by atoms with Crippen molar-refractivity contribution in [1.82, 2.24) is 15.2 Å². The predicted octanol–water partition coefficient (Wildman–Crippen LogP) is 5.75. The van der Waals surface area contributed by atoms with Gasteiger partial charge in [0, 0.05) is 34.7 Å². The number of benzene rings is 4. The first-order chi connectivity index (χ1) is 35.0. The lowest BCUT2D eigenvalue weighted by Crippen LogP contribution is -2.54. The van der Waals surface area contributed by atoms with Crippen LogP contribution in [0, 0.1) is 13.8 Å². The number of imide groups is 2. The third-order valence-corrected chi connectivity index (χ3v) is 13.0. The SMILES string of the molecule is Cc1ccccc1C(=O)N1CCc2cc(-c3nc(NC(=O)Cc4cccc(OCCOCCOCCOCCOCCOCCOc5cccc6c5C(=O)N(C5CCC(=O)NC5=O)C6=O)c4)sc3C)ccc21. The molecule has 0 aliphatic carbocycles. The van der Waals surface area contributed by atoms with Crippen LogP contribution in [0.4, 0.5) is 10.8 Å². The Kier molecular flexibility index (Phi) is 17.9. The molecule has 2 N–H and O–H groups in total. The Bertz CT molecular complexity index is 2780. The van der Waals surface area contributed by atoms with Gasteiger partial charge in [-0.25, -0.2) is 4.98 Å². The number of anilines is 2. The van der Waals surface area contributed by atoms with Crippen molar-refractivity contribution in [2.75, 3.05) is 96.0 Å². The summed E-state index contributed by atoms with van der Waals surface area (Å²) < 4.78 is 39.5. The summed E-state index contributed by atoms with van der Waals surface area (Å²) >= 11 is 1.43. The zero-order chi connectivity index (χ0) is 50.4. The van der Waals surface area contributed by atoms with Crippen molar-refractivity contribution in [3.63, 3.8) is 0 Å². The molecule has 1 fully saturated rings. The van der Waals surface area contributed by atoms with E-state index in [4.69, 9.17) is 38.1 Å². The first-order valence-corrected chi connectivity index (χ1v) is 24.7. The van der Waals surface area contributed by atoms with E-state index in [1.54, 1.807) is 12.1 Å². The zero-order valence-electron chi connectivity index (χ0n) is 40.2. The first kappa shape index (κ1) is 51.5. The summed E-state index contributed by atoms with van der Waals surface area (Å²) in [7, 11) is 0. The van der Waals surface area contributed by atoms with E-state index in [0.29, 0.717) is 89.1 Å². The second-order valence-corrected chi connectivity index (χ2v) is 18.2. The van der Waals surface area contributed by atoms with Crippen LogP contribution < -0.4 is 25.0 Å². The van der Waals surface area contributed by atoms with Crippen molar-refractivity contribution < 1.29 is 61.9 Å². The van der Waals surface area contributed by atoms with Gasteiger partial charge in [-0.05, 0) is 85.8 Å². The maximum atomic E-state index is 13.4. The van der Waals surface area contributed by atoms with E-state index in [-0.39, 0.29) is 61.2 Å². The molecule has 0 radical (unpaired) electrons. The summed E-state index contributed by atoms with van der Waals surface area (Å²) in [6, 6.07) is 24.8. The van der Waals surface area contributed by atoms with Crippen LogP contribution in [0.3, 0.4) is 0 Å². The topological polar surface area (TPSA) is 210 Å². The van der Waals surface area contributed by atoms with Crippen molar-refractivity contribution >= 4 is 57.6 Å². The molecule has 1 unspecified atom stereocenters. The number of hydrogen-bond acceptors (Lipinski definition) is 15. The summed E-state index contributed by atoms with van der Waals surface area (Å²) in [5.74, 6) is -1.66. The molecule has 378 valence electrons. The summed E-state index contributed by atoms with van der Waals surface area (Å²) in [5.41, 5.74) is 6.48. The minimum absolute atomic E-state index is 0.00574. The van der Waals surface area contributed by atoms with Crippen molar-refractivity contribution in [3.05, 3.63) is 123 Å². The minimum atomic E-state index is -1.05. The van der Waals surface area contributed by atoms with Crippen LogP contribution in [0.2, 0.25) is 0 Å². The Morgan fingerprint density at radius 1 is 0.722 bits per heavy atom. The number of ether oxygens (including phenoxy) is 7. The lowest BCUT2D eigenvalue weighted by Gasteiger charge is -2.27. The standard InChI is InChI=1S/C53H57N5O13S/c1-34-7-3-4-10-40(34)50(62)57-18-17-37-33-38(13-14-42(37)57)48-35(2)72-53(56-48)55-46(60)32-36-8-5-9-39(31-36)70-29-27-68-25-23-66-21-19-65-20-22-67-24-26-69-28-30-71-44-12-6-11-41-47(44)52(64)58(51(41)63)43-15-16-45(59)54-49(43)61/h3-14,31,33,43H,15-30,32H2,1-2H3,(H,54,59,61)(H,55,56,60). The van der Waals surface area contributed by atoms with E-state index in [9.17, 15) is 28.8 Å². The molecule has 4 heterocycles. The molecule has 19 heteroatoms. The molecule has 6 amide bonds. The number of aryl methyl sites for hydroxylation is 2. The van der Waals surface area contributed by atoms with Gasteiger partial charge in [0.05, 0.1) is 89.3 Å². The van der Waals surface area contributed by atoms with Crippen LogP contribution in [0.15, 0.2) is 84.9 Å². The Balaban J connectivity index is 0.625. The number of nitrogens with one attached hydrogen (secondary N) is 2. The van der Waals surface area contributed by atoms with E-state index in [2.05, 4.69) is 16.7 Å². The second kappa shape index (κ2) is 25.0. The van der Waals surface area contributed by atoms with Gasteiger partial charge in [-0.15, -0.1) is 11.3 Å². The van der Waals surface area contributed by atoms with Gasteiger partial charge >= 0.3 is 0 Å². The number of rotatable bonds is 26. The fraction of sp³-hybridized carbons (Fsp3) is 0.377. The second-order valence-electron chi connectivity index (χ2n) is 17.0. The molecule has 1 atom stereocenters. The van der Waals surface area contributed by atoms with Crippen LogP contribution in [-0.2, 0) is 50.9 Å². The third kappa shape index (κ3) is 13.0. The molecule has 4 aromatic carbocycles. The molecule has 3 aliphatic rings. The highest BCUT2D eigenvalue weighted by atomic mass is 32.1.